The van der Waals surface area contributed by atoms with Crippen LogP contribution in [0.3, 0.4) is 0 Å². The molecule has 0 spiro atoms. The van der Waals surface area contributed by atoms with Gasteiger partial charge in [-0.2, -0.15) is 0 Å². The highest BCUT2D eigenvalue weighted by Gasteiger charge is 2.26. The molecule has 3 aromatic carbocycles. The van der Waals surface area contributed by atoms with Crippen molar-refractivity contribution < 1.29 is 43.3 Å². The van der Waals surface area contributed by atoms with Crippen LogP contribution in [-0.2, 0) is 43.5 Å². The normalized spacial score (nSPS) is 13.7. The molecule has 0 radical (unpaired) electrons. The van der Waals surface area contributed by atoms with Crippen LogP contribution in [0.15, 0.2) is 54.6 Å². The summed E-state index contributed by atoms with van der Waals surface area (Å²) in [5.41, 5.74) is 5.01. The molecule has 52 heavy (non-hydrogen) atoms. The molecule has 2 unspecified atom stereocenters. The molecular weight excluding hydrogens is 670 g/mol. The molecule has 0 bridgehead atoms. The summed E-state index contributed by atoms with van der Waals surface area (Å²) in [5.74, 6) is -0.997. The van der Waals surface area contributed by atoms with Crippen LogP contribution in [0.5, 0.6) is 11.5 Å². The van der Waals surface area contributed by atoms with Crippen LogP contribution < -0.4 is 35.6 Å². The third-order valence-electron chi connectivity index (χ3n) is 8.74. The van der Waals surface area contributed by atoms with E-state index in [1.165, 1.54) is 32.4 Å². The molecular formula is C38H47N5O9. The smallest absolute Gasteiger partial charge is 0.305 e. The number of fused-ring (bicyclic) bond motifs is 1. The molecule has 0 aliphatic carbocycles. The van der Waals surface area contributed by atoms with Gasteiger partial charge in [0.25, 0.3) is 0 Å². The Kier molecular flexibility index (Phi) is 14.4. The Morgan fingerprint density at radius 2 is 1.73 bits per heavy atom. The number of amides is 3. The molecule has 1 heterocycles. The Bertz CT molecular complexity index is 1750. The van der Waals surface area contributed by atoms with Crippen LogP contribution in [0.2, 0.25) is 0 Å². The summed E-state index contributed by atoms with van der Waals surface area (Å²) in [4.78, 5) is 62.7. The number of aliphatic hydroxyl groups is 1. The molecule has 14 nitrogen and oxygen atoms in total. The van der Waals surface area contributed by atoms with E-state index in [0.717, 1.165) is 12.7 Å². The number of rotatable bonds is 19. The van der Waals surface area contributed by atoms with Gasteiger partial charge < -0.3 is 45.5 Å². The maximum Gasteiger partial charge on any atom is 0.305 e. The van der Waals surface area contributed by atoms with Crippen molar-refractivity contribution in [2.24, 2.45) is 0 Å². The highest BCUT2D eigenvalue weighted by Crippen LogP contribution is 2.35. The molecule has 0 saturated carbocycles. The minimum atomic E-state index is -0.938. The Labute approximate surface area is 303 Å². The molecule has 2 atom stereocenters. The summed E-state index contributed by atoms with van der Waals surface area (Å²) in [6.45, 7) is 1.53. The van der Waals surface area contributed by atoms with Crippen molar-refractivity contribution >= 4 is 47.0 Å². The topological polar surface area (TPSA) is 185 Å². The molecule has 1 aliphatic rings. The van der Waals surface area contributed by atoms with Crippen molar-refractivity contribution in [3.05, 3.63) is 76.9 Å². The Morgan fingerprint density at radius 1 is 0.981 bits per heavy atom. The van der Waals surface area contributed by atoms with Crippen LogP contribution in [0.4, 0.5) is 17.1 Å². The number of hydrogen-bond acceptors (Lipinski definition) is 11. The lowest BCUT2D eigenvalue weighted by atomic mass is 10.1. The number of carbonyl (C=O) groups is 5. The lowest BCUT2D eigenvalue weighted by Gasteiger charge is -2.24. The third kappa shape index (κ3) is 10.9. The van der Waals surface area contributed by atoms with Crippen LogP contribution in [-0.4, -0.2) is 81.5 Å². The summed E-state index contributed by atoms with van der Waals surface area (Å²) in [6.07, 6.45) is 2.96. The number of nitrogens with one attached hydrogen (secondary N) is 4. The van der Waals surface area contributed by atoms with Crippen molar-refractivity contribution in [3.8, 4) is 11.5 Å². The Balaban J connectivity index is 1.33. The van der Waals surface area contributed by atoms with E-state index in [0.29, 0.717) is 59.0 Å². The zero-order valence-corrected chi connectivity index (χ0v) is 30.0. The molecule has 278 valence electrons. The van der Waals surface area contributed by atoms with E-state index in [4.69, 9.17) is 9.47 Å². The van der Waals surface area contributed by atoms with Gasteiger partial charge in [-0.05, 0) is 73.2 Å². The highest BCUT2D eigenvalue weighted by atomic mass is 16.5. The second kappa shape index (κ2) is 19.1. The highest BCUT2D eigenvalue weighted by molar-refractivity contribution is 5.97. The lowest BCUT2D eigenvalue weighted by molar-refractivity contribution is -0.140. The number of carbonyl (C=O) groups excluding carboxylic acids is 5. The van der Waals surface area contributed by atoms with E-state index < -0.39 is 17.9 Å². The number of aldehydes is 1. The number of nitrogens with zero attached hydrogens (tertiary/aromatic N) is 1. The van der Waals surface area contributed by atoms with E-state index in [-0.39, 0.29) is 50.5 Å². The summed E-state index contributed by atoms with van der Waals surface area (Å²) >= 11 is 0. The number of anilines is 3. The van der Waals surface area contributed by atoms with Crippen molar-refractivity contribution in [2.45, 2.75) is 64.3 Å². The lowest BCUT2D eigenvalue weighted by Crippen LogP contribution is -2.45. The summed E-state index contributed by atoms with van der Waals surface area (Å²) in [7, 11) is 4.84. The van der Waals surface area contributed by atoms with Crippen molar-refractivity contribution in [1.82, 2.24) is 10.6 Å². The first-order valence-corrected chi connectivity index (χ1v) is 17.1. The van der Waals surface area contributed by atoms with E-state index in [2.05, 4.69) is 50.1 Å². The van der Waals surface area contributed by atoms with Crippen molar-refractivity contribution in [3.63, 3.8) is 0 Å². The van der Waals surface area contributed by atoms with Gasteiger partial charge in [-0.25, -0.2) is 0 Å². The van der Waals surface area contributed by atoms with Gasteiger partial charge in [0.15, 0.2) is 17.8 Å². The molecule has 1 aliphatic heterocycles. The fourth-order valence-electron chi connectivity index (χ4n) is 5.85. The maximum absolute atomic E-state index is 13.0. The van der Waals surface area contributed by atoms with Crippen LogP contribution in [0.1, 0.15) is 59.7 Å². The number of para-hydroxylation sites is 1. The first-order valence-electron chi connectivity index (χ1n) is 17.1. The summed E-state index contributed by atoms with van der Waals surface area (Å²) in [5, 5.41) is 21.1. The number of ether oxygens (including phenoxy) is 3. The summed E-state index contributed by atoms with van der Waals surface area (Å²) in [6, 6.07) is 15.9. The molecule has 0 aromatic heterocycles. The number of unbranched alkanes of at least 4 members (excludes halogenated alkanes) is 1. The largest absolute Gasteiger partial charge is 0.493 e. The van der Waals surface area contributed by atoms with Gasteiger partial charge in [-0.15, -0.1) is 0 Å². The third-order valence-corrected chi connectivity index (χ3v) is 8.74. The van der Waals surface area contributed by atoms with E-state index in [1.807, 2.05) is 12.1 Å². The quantitative estimate of drug-likeness (QED) is 0.0696. The van der Waals surface area contributed by atoms with E-state index in [1.54, 1.807) is 30.3 Å². The predicted molar refractivity (Wildman–Crippen MR) is 196 cm³/mol. The second-order valence-electron chi connectivity index (χ2n) is 12.5. The Hall–Kier alpha value is -5.63. The fourth-order valence-corrected chi connectivity index (χ4v) is 5.85. The van der Waals surface area contributed by atoms with Gasteiger partial charge in [-0.1, -0.05) is 18.2 Å². The van der Waals surface area contributed by atoms with Gasteiger partial charge in [-0.3, -0.25) is 24.0 Å². The summed E-state index contributed by atoms with van der Waals surface area (Å²) < 4.78 is 16.2. The van der Waals surface area contributed by atoms with E-state index >= 15 is 0 Å². The molecule has 3 amide bonds. The number of esters is 1. The molecule has 5 N–H and O–H groups in total. The number of methoxy groups -OCH3 is 2. The molecule has 14 heteroatoms. The van der Waals surface area contributed by atoms with E-state index in [9.17, 15) is 29.1 Å². The van der Waals surface area contributed by atoms with Gasteiger partial charge in [0.2, 0.25) is 17.7 Å². The number of likely N-dealkylation sites (N-methyl/N-ethyl adjacent to an activating group) is 1. The SMILES string of the molecule is COC(=O)CCCCC(=O)NCC(=O)NC(C)C(=O)Nc1cc(CO)cc(COc2cc(NCC3Cc4ccccc4N3C)c(C=O)cc2OC)c1. The molecule has 0 saturated heterocycles. The van der Waals surface area contributed by atoms with Crippen LogP contribution in [0.25, 0.3) is 0 Å². The predicted octanol–water partition coefficient (Wildman–Crippen LogP) is 3.34. The second-order valence-corrected chi connectivity index (χ2v) is 12.5. The van der Waals surface area contributed by atoms with Crippen LogP contribution >= 0.6 is 0 Å². The van der Waals surface area contributed by atoms with Gasteiger partial charge in [0, 0.05) is 55.1 Å². The minimum Gasteiger partial charge on any atom is -0.493 e. The standard InChI is InChI=1S/C38H47N5O9/c1-24(41-36(47)20-40-35(46)11-7-8-12-37(48)51-4)38(49)42-29-14-25(21-44)13-26(15-29)23-52-34-18-31(28(22-45)17-33(34)50-3)39-19-30-16-27-9-5-6-10-32(27)43(30)2/h5-6,9-10,13-15,17-18,22,24,30,39,44H,7-8,11-12,16,19-21,23H2,1-4H3,(H,40,46)(H,41,47)(H,42,49). The van der Waals surface area contributed by atoms with Crippen molar-refractivity contribution in [2.75, 3.05) is 49.9 Å². The monoisotopic (exact) mass is 717 g/mol. The first kappa shape index (κ1) is 39.2. The van der Waals surface area contributed by atoms with Gasteiger partial charge in [0.1, 0.15) is 12.6 Å². The number of hydrogen-bond donors (Lipinski definition) is 5. The molecule has 4 rings (SSSR count). The Morgan fingerprint density at radius 3 is 2.44 bits per heavy atom. The van der Waals surface area contributed by atoms with Gasteiger partial charge in [0.05, 0.1) is 33.4 Å². The van der Waals surface area contributed by atoms with Crippen molar-refractivity contribution in [1.29, 1.82) is 0 Å². The number of aliphatic hydroxyl groups excluding tert-OH is 1. The zero-order chi connectivity index (χ0) is 37.6. The van der Waals surface area contributed by atoms with Crippen LogP contribution in [0, 0.1) is 0 Å². The fraction of sp³-hybridized carbons (Fsp3) is 0.395. The average Bonchev–Trinajstić information content (AvgIpc) is 3.48. The maximum atomic E-state index is 13.0. The molecule has 3 aromatic rings. The zero-order valence-electron chi connectivity index (χ0n) is 30.0. The molecule has 0 fully saturated rings. The first-order chi connectivity index (χ1) is 25.0. The van der Waals surface area contributed by atoms with Gasteiger partial charge >= 0.3 is 5.97 Å². The minimum absolute atomic E-state index is 0.0439. The average molecular weight is 718 g/mol. The number of benzene rings is 3.